The van der Waals surface area contributed by atoms with Crippen LogP contribution in [0.3, 0.4) is 0 Å². The van der Waals surface area contributed by atoms with Gasteiger partial charge in [-0.15, -0.1) is 0 Å². The van der Waals surface area contributed by atoms with Crippen molar-refractivity contribution in [3.63, 3.8) is 0 Å². The van der Waals surface area contributed by atoms with Crippen LogP contribution in [0.15, 0.2) is 51.4 Å². The summed E-state index contributed by atoms with van der Waals surface area (Å²) in [7, 11) is 0. The van der Waals surface area contributed by atoms with E-state index in [4.69, 9.17) is 10.5 Å². The number of hydrogen-bond donors (Lipinski definition) is 1. The van der Waals surface area contributed by atoms with Crippen LogP contribution in [0, 0.1) is 5.82 Å². The van der Waals surface area contributed by atoms with Crippen LogP contribution in [0.5, 0.6) is 5.75 Å². The van der Waals surface area contributed by atoms with E-state index < -0.39 is 0 Å². The molecule has 0 fully saturated rings. The minimum atomic E-state index is -0.355. The molecule has 2 atom stereocenters. The number of nitrogens with two attached hydrogens (primary N) is 1. The van der Waals surface area contributed by atoms with Gasteiger partial charge in [0.25, 0.3) is 0 Å². The number of hydrogen-bond acceptors (Lipinski definition) is 2. The molecule has 0 saturated carbocycles. The van der Waals surface area contributed by atoms with E-state index in [1.807, 2.05) is 31.2 Å². The molecule has 2 nitrogen and oxygen atoms in total. The molecule has 0 aromatic heterocycles. The quantitative estimate of drug-likeness (QED) is 0.726. The normalized spacial score (nSPS) is 13.8. The predicted molar refractivity (Wildman–Crippen MR) is 89.9 cm³/mol. The first kappa shape index (κ1) is 16.5. The van der Waals surface area contributed by atoms with Gasteiger partial charge < -0.3 is 10.5 Å². The SMILES string of the molecule is CCC(N)C(Oc1ccc(Br)c(F)c1)c1ccc(Br)cc1. The van der Waals surface area contributed by atoms with Crippen molar-refractivity contribution < 1.29 is 9.13 Å². The largest absolute Gasteiger partial charge is 0.484 e. The first-order valence-electron chi connectivity index (χ1n) is 6.64. The molecular formula is C16H16Br2FNO. The number of rotatable bonds is 5. The van der Waals surface area contributed by atoms with Gasteiger partial charge in [0.15, 0.2) is 0 Å². The first-order chi connectivity index (χ1) is 10.0. The van der Waals surface area contributed by atoms with Crippen molar-refractivity contribution in [3.8, 4) is 5.75 Å². The van der Waals surface area contributed by atoms with E-state index in [2.05, 4.69) is 31.9 Å². The molecular weight excluding hydrogens is 401 g/mol. The van der Waals surface area contributed by atoms with E-state index in [0.29, 0.717) is 10.2 Å². The summed E-state index contributed by atoms with van der Waals surface area (Å²) in [4.78, 5) is 0. The van der Waals surface area contributed by atoms with Crippen molar-refractivity contribution in [2.75, 3.05) is 0 Å². The Bertz CT molecular complexity index is 604. The van der Waals surface area contributed by atoms with Crippen LogP contribution in [0.4, 0.5) is 4.39 Å². The van der Waals surface area contributed by atoms with Gasteiger partial charge in [0, 0.05) is 16.6 Å². The second kappa shape index (κ2) is 7.38. The van der Waals surface area contributed by atoms with Crippen molar-refractivity contribution in [1.29, 1.82) is 0 Å². The van der Waals surface area contributed by atoms with E-state index in [0.717, 1.165) is 16.5 Å². The Balaban J connectivity index is 2.28. The Hall–Kier alpha value is -0.910. The summed E-state index contributed by atoms with van der Waals surface area (Å²) >= 11 is 6.54. The molecule has 2 aromatic carbocycles. The van der Waals surface area contributed by atoms with Gasteiger partial charge >= 0.3 is 0 Å². The fourth-order valence-corrected chi connectivity index (χ4v) is 2.48. The third-order valence-electron chi connectivity index (χ3n) is 3.21. The Kier molecular flexibility index (Phi) is 5.79. The highest BCUT2D eigenvalue weighted by Crippen LogP contribution is 2.28. The zero-order valence-corrected chi connectivity index (χ0v) is 14.7. The predicted octanol–water partition coefficient (Wildman–Crippen LogP) is 5.21. The lowest BCUT2D eigenvalue weighted by molar-refractivity contribution is 0.170. The Labute approximate surface area is 140 Å². The molecule has 0 spiro atoms. The van der Waals surface area contributed by atoms with Crippen LogP contribution in [0.25, 0.3) is 0 Å². The van der Waals surface area contributed by atoms with Crippen LogP contribution in [-0.2, 0) is 0 Å². The molecule has 0 aliphatic heterocycles. The minimum absolute atomic E-state index is 0.169. The summed E-state index contributed by atoms with van der Waals surface area (Å²) < 4.78 is 20.9. The van der Waals surface area contributed by atoms with Gasteiger partial charge in [-0.2, -0.15) is 0 Å². The van der Waals surface area contributed by atoms with Crippen LogP contribution in [-0.4, -0.2) is 6.04 Å². The molecule has 112 valence electrons. The topological polar surface area (TPSA) is 35.2 Å². The molecule has 21 heavy (non-hydrogen) atoms. The fourth-order valence-electron chi connectivity index (χ4n) is 1.97. The molecule has 0 aliphatic rings. The van der Waals surface area contributed by atoms with E-state index in [9.17, 15) is 4.39 Å². The maximum absolute atomic E-state index is 13.6. The van der Waals surface area contributed by atoms with Crippen molar-refractivity contribution in [2.24, 2.45) is 5.73 Å². The third-order valence-corrected chi connectivity index (χ3v) is 4.38. The van der Waals surface area contributed by atoms with Crippen molar-refractivity contribution >= 4 is 31.9 Å². The average molecular weight is 417 g/mol. The maximum atomic E-state index is 13.6. The van der Waals surface area contributed by atoms with E-state index >= 15 is 0 Å². The number of halogens is 3. The molecule has 0 saturated heterocycles. The highest BCUT2D eigenvalue weighted by atomic mass is 79.9. The van der Waals surface area contributed by atoms with E-state index in [1.54, 1.807) is 12.1 Å². The standard InChI is InChI=1S/C16H16Br2FNO/c1-2-15(20)16(10-3-5-11(17)6-4-10)21-12-7-8-13(18)14(19)9-12/h3-9,15-16H,2,20H2,1H3. The summed E-state index contributed by atoms with van der Waals surface area (Å²) in [5, 5.41) is 0. The number of ether oxygens (including phenoxy) is 1. The Morgan fingerprint density at radius 3 is 2.38 bits per heavy atom. The zero-order valence-electron chi connectivity index (χ0n) is 11.5. The molecule has 0 heterocycles. The van der Waals surface area contributed by atoms with Gasteiger partial charge in [0.2, 0.25) is 0 Å². The molecule has 2 unspecified atom stereocenters. The smallest absolute Gasteiger partial charge is 0.141 e. The molecule has 0 radical (unpaired) electrons. The van der Waals surface area contributed by atoms with Gasteiger partial charge in [0.05, 0.1) is 4.47 Å². The summed E-state index contributed by atoms with van der Waals surface area (Å²) in [5.74, 6) is 0.111. The summed E-state index contributed by atoms with van der Waals surface area (Å²) in [6, 6.07) is 12.3. The third kappa shape index (κ3) is 4.28. The Morgan fingerprint density at radius 1 is 1.14 bits per heavy atom. The molecule has 5 heteroatoms. The monoisotopic (exact) mass is 415 g/mol. The number of benzene rings is 2. The average Bonchev–Trinajstić information content (AvgIpc) is 2.48. The van der Waals surface area contributed by atoms with Crippen molar-refractivity contribution in [2.45, 2.75) is 25.5 Å². The summed E-state index contributed by atoms with van der Waals surface area (Å²) in [6.45, 7) is 2.00. The summed E-state index contributed by atoms with van der Waals surface area (Å²) in [6.07, 6.45) is 0.448. The lowest BCUT2D eigenvalue weighted by Crippen LogP contribution is -2.31. The maximum Gasteiger partial charge on any atom is 0.141 e. The second-order valence-electron chi connectivity index (χ2n) is 4.74. The van der Waals surface area contributed by atoms with Gasteiger partial charge in [-0.25, -0.2) is 4.39 Å². The van der Waals surface area contributed by atoms with Gasteiger partial charge in [-0.3, -0.25) is 0 Å². The van der Waals surface area contributed by atoms with Gasteiger partial charge in [-0.05, 0) is 52.2 Å². The molecule has 0 bridgehead atoms. The zero-order chi connectivity index (χ0) is 15.4. The molecule has 2 rings (SSSR count). The van der Waals surface area contributed by atoms with Crippen LogP contribution in [0.2, 0.25) is 0 Å². The lowest BCUT2D eigenvalue weighted by Gasteiger charge is -2.25. The highest BCUT2D eigenvalue weighted by molar-refractivity contribution is 9.10. The van der Waals surface area contributed by atoms with Crippen LogP contribution >= 0.6 is 31.9 Å². The fraction of sp³-hybridized carbons (Fsp3) is 0.250. The molecule has 0 aliphatic carbocycles. The van der Waals surface area contributed by atoms with Crippen LogP contribution in [0.1, 0.15) is 25.0 Å². The second-order valence-corrected chi connectivity index (χ2v) is 6.51. The molecule has 2 aromatic rings. The van der Waals surface area contributed by atoms with Crippen molar-refractivity contribution in [3.05, 3.63) is 62.8 Å². The van der Waals surface area contributed by atoms with E-state index in [-0.39, 0.29) is 18.0 Å². The molecule has 2 N–H and O–H groups in total. The van der Waals surface area contributed by atoms with Crippen molar-refractivity contribution in [1.82, 2.24) is 0 Å². The molecule has 0 amide bonds. The van der Waals surface area contributed by atoms with Crippen LogP contribution < -0.4 is 10.5 Å². The highest BCUT2D eigenvalue weighted by Gasteiger charge is 2.21. The lowest BCUT2D eigenvalue weighted by atomic mass is 10.0. The van der Waals surface area contributed by atoms with E-state index in [1.165, 1.54) is 6.07 Å². The minimum Gasteiger partial charge on any atom is -0.484 e. The first-order valence-corrected chi connectivity index (χ1v) is 8.22. The van der Waals surface area contributed by atoms with Gasteiger partial charge in [0.1, 0.15) is 17.7 Å². The summed E-state index contributed by atoms with van der Waals surface area (Å²) in [5.41, 5.74) is 7.13. The Morgan fingerprint density at radius 2 is 1.81 bits per heavy atom. The van der Waals surface area contributed by atoms with Gasteiger partial charge in [-0.1, -0.05) is 35.0 Å².